The van der Waals surface area contributed by atoms with Crippen molar-refractivity contribution in [2.45, 2.75) is 20.3 Å². The molecule has 0 aromatic heterocycles. The molecule has 0 aliphatic carbocycles. The summed E-state index contributed by atoms with van der Waals surface area (Å²) in [6, 6.07) is 2.36. The van der Waals surface area contributed by atoms with E-state index in [4.69, 9.17) is 10.5 Å². The lowest BCUT2D eigenvalue weighted by Crippen LogP contribution is -2.05. The molecule has 0 spiro atoms. The summed E-state index contributed by atoms with van der Waals surface area (Å²) in [6.45, 7) is 3.25. The van der Waals surface area contributed by atoms with Crippen LogP contribution in [-0.4, -0.2) is 12.4 Å². The topological polar surface area (TPSA) is 52.3 Å². The lowest BCUT2D eigenvalue weighted by atomic mass is 10.1. The second-order valence-electron chi connectivity index (χ2n) is 3.27. The Bertz CT molecular complexity index is 405. The summed E-state index contributed by atoms with van der Waals surface area (Å²) in [5, 5.41) is 0. The second-order valence-corrected chi connectivity index (χ2v) is 3.27. The Hall–Kier alpha value is -1.65. The first-order chi connectivity index (χ1) is 7.47. The molecule has 1 aromatic carbocycles. The van der Waals surface area contributed by atoms with E-state index < -0.39 is 6.43 Å². The standard InChI is InChI=1S/C11H13F2NO2/c1-3-16-10-5-7(6(2)15)9(14)4-8(10)11(12)13/h4-5,11H,3,14H2,1-2H3. The lowest BCUT2D eigenvalue weighted by molar-refractivity contribution is 0.101. The molecule has 0 unspecified atom stereocenters. The molecule has 0 aliphatic rings. The van der Waals surface area contributed by atoms with Crippen molar-refractivity contribution >= 4 is 11.5 Å². The molecule has 0 bridgehead atoms. The van der Waals surface area contributed by atoms with E-state index in [1.54, 1.807) is 6.92 Å². The van der Waals surface area contributed by atoms with E-state index in [2.05, 4.69) is 0 Å². The van der Waals surface area contributed by atoms with Gasteiger partial charge in [0.15, 0.2) is 5.78 Å². The number of anilines is 1. The highest BCUT2D eigenvalue weighted by Crippen LogP contribution is 2.33. The van der Waals surface area contributed by atoms with Crippen LogP contribution in [0, 0.1) is 0 Å². The van der Waals surface area contributed by atoms with E-state index in [9.17, 15) is 13.6 Å². The number of nitrogens with two attached hydrogens (primary N) is 1. The Kier molecular flexibility index (Phi) is 3.82. The van der Waals surface area contributed by atoms with Crippen LogP contribution in [0.25, 0.3) is 0 Å². The summed E-state index contributed by atoms with van der Waals surface area (Å²) in [4.78, 5) is 11.2. The van der Waals surface area contributed by atoms with Crippen molar-refractivity contribution in [1.82, 2.24) is 0 Å². The fourth-order valence-electron chi connectivity index (χ4n) is 1.37. The van der Waals surface area contributed by atoms with Gasteiger partial charge in [-0.25, -0.2) is 8.78 Å². The van der Waals surface area contributed by atoms with Gasteiger partial charge in [0.25, 0.3) is 6.43 Å². The summed E-state index contributed by atoms with van der Waals surface area (Å²) < 4.78 is 30.3. The molecule has 0 saturated heterocycles. The van der Waals surface area contributed by atoms with Crippen molar-refractivity contribution in [1.29, 1.82) is 0 Å². The summed E-state index contributed by atoms with van der Waals surface area (Å²) in [5.74, 6) is -0.267. The predicted molar refractivity (Wildman–Crippen MR) is 57.0 cm³/mol. The van der Waals surface area contributed by atoms with Crippen molar-refractivity contribution in [3.8, 4) is 5.75 Å². The largest absolute Gasteiger partial charge is 0.493 e. The maximum Gasteiger partial charge on any atom is 0.267 e. The van der Waals surface area contributed by atoms with Crippen LogP contribution in [0.1, 0.15) is 36.2 Å². The molecule has 88 valence electrons. The second kappa shape index (κ2) is 4.92. The van der Waals surface area contributed by atoms with Crippen molar-refractivity contribution in [3.05, 3.63) is 23.3 Å². The van der Waals surface area contributed by atoms with Crippen LogP contribution in [-0.2, 0) is 0 Å². The molecule has 0 heterocycles. The molecule has 1 rings (SSSR count). The minimum Gasteiger partial charge on any atom is -0.493 e. The highest BCUT2D eigenvalue weighted by atomic mass is 19.3. The molecule has 3 nitrogen and oxygen atoms in total. The Labute approximate surface area is 92.2 Å². The molecule has 0 aliphatic heterocycles. The number of ketones is 1. The predicted octanol–water partition coefficient (Wildman–Crippen LogP) is 2.81. The third-order valence-electron chi connectivity index (χ3n) is 2.10. The smallest absolute Gasteiger partial charge is 0.267 e. The van der Waals surface area contributed by atoms with Gasteiger partial charge in [0.1, 0.15) is 5.75 Å². The Morgan fingerprint density at radius 1 is 1.50 bits per heavy atom. The molecule has 2 N–H and O–H groups in total. The molecule has 0 saturated carbocycles. The van der Waals surface area contributed by atoms with Gasteiger partial charge >= 0.3 is 0 Å². The van der Waals surface area contributed by atoms with E-state index in [1.165, 1.54) is 13.0 Å². The van der Waals surface area contributed by atoms with Gasteiger partial charge in [0.2, 0.25) is 0 Å². The number of rotatable bonds is 4. The normalized spacial score (nSPS) is 10.6. The summed E-state index contributed by atoms with van der Waals surface area (Å²) in [5.41, 5.74) is 5.48. The fourth-order valence-corrected chi connectivity index (χ4v) is 1.37. The molecule has 5 heteroatoms. The third-order valence-corrected chi connectivity index (χ3v) is 2.10. The maximum absolute atomic E-state index is 12.6. The number of hydrogen-bond acceptors (Lipinski definition) is 3. The number of benzene rings is 1. The number of hydrogen-bond donors (Lipinski definition) is 1. The average Bonchev–Trinajstić information content (AvgIpc) is 2.19. The van der Waals surface area contributed by atoms with Crippen LogP contribution in [0.3, 0.4) is 0 Å². The Morgan fingerprint density at radius 2 is 2.12 bits per heavy atom. The Morgan fingerprint density at radius 3 is 2.56 bits per heavy atom. The van der Waals surface area contributed by atoms with E-state index in [0.717, 1.165) is 6.07 Å². The van der Waals surface area contributed by atoms with Gasteiger partial charge in [-0.05, 0) is 26.0 Å². The van der Waals surface area contributed by atoms with E-state index >= 15 is 0 Å². The highest BCUT2D eigenvalue weighted by molar-refractivity contribution is 5.99. The number of carbonyl (C=O) groups excluding carboxylic acids is 1. The van der Waals surface area contributed by atoms with Crippen molar-refractivity contribution in [2.75, 3.05) is 12.3 Å². The first kappa shape index (κ1) is 12.4. The summed E-state index contributed by atoms with van der Waals surface area (Å²) >= 11 is 0. The molecular formula is C11H13F2NO2. The van der Waals surface area contributed by atoms with Crippen molar-refractivity contribution in [3.63, 3.8) is 0 Å². The lowest BCUT2D eigenvalue weighted by Gasteiger charge is -2.12. The monoisotopic (exact) mass is 229 g/mol. The first-order valence-corrected chi connectivity index (χ1v) is 4.82. The molecule has 1 aromatic rings. The average molecular weight is 229 g/mol. The maximum atomic E-state index is 12.6. The molecule has 0 amide bonds. The first-order valence-electron chi connectivity index (χ1n) is 4.82. The van der Waals surface area contributed by atoms with Crippen molar-refractivity contribution < 1.29 is 18.3 Å². The van der Waals surface area contributed by atoms with Gasteiger partial charge in [-0.15, -0.1) is 0 Å². The number of nitrogen functional groups attached to an aromatic ring is 1. The highest BCUT2D eigenvalue weighted by Gasteiger charge is 2.18. The van der Waals surface area contributed by atoms with E-state index in [0.29, 0.717) is 0 Å². The molecule has 16 heavy (non-hydrogen) atoms. The van der Waals surface area contributed by atoms with Gasteiger partial charge < -0.3 is 10.5 Å². The zero-order valence-electron chi connectivity index (χ0n) is 9.09. The van der Waals surface area contributed by atoms with Gasteiger partial charge in [0.05, 0.1) is 12.2 Å². The number of Topliss-reactive ketones (excluding diaryl/α,β-unsaturated/α-hetero) is 1. The van der Waals surface area contributed by atoms with Crippen LogP contribution in [0.4, 0.5) is 14.5 Å². The number of alkyl halides is 2. The van der Waals surface area contributed by atoms with Crippen LogP contribution >= 0.6 is 0 Å². The number of halogens is 2. The molecule has 0 radical (unpaired) electrons. The molecule has 0 atom stereocenters. The SMILES string of the molecule is CCOc1cc(C(C)=O)c(N)cc1C(F)F. The van der Waals surface area contributed by atoms with Crippen molar-refractivity contribution in [2.24, 2.45) is 0 Å². The Balaban J connectivity index is 3.31. The van der Waals surface area contributed by atoms with Gasteiger partial charge in [-0.1, -0.05) is 0 Å². The molecular weight excluding hydrogens is 216 g/mol. The van der Waals surface area contributed by atoms with Gasteiger partial charge in [-0.3, -0.25) is 4.79 Å². The fraction of sp³-hybridized carbons (Fsp3) is 0.364. The van der Waals surface area contributed by atoms with E-state index in [1.807, 2.05) is 0 Å². The third kappa shape index (κ3) is 2.48. The van der Waals surface area contributed by atoms with E-state index in [-0.39, 0.29) is 35.0 Å². The zero-order chi connectivity index (χ0) is 12.3. The zero-order valence-corrected chi connectivity index (χ0v) is 9.09. The summed E-state index contributed by atoms with van der Waals surface area (Å²) in [6.07, 6.45) is -2.68. The van der Waals surface area contributed by atoms with Crippen LogP contribution in [0.2, 0.25) is 0 Å². The minimum atomic E-state index is -2.68. The quantitative estimate of drug-likeness (QED) is 0.638. The number of ether oxygens (including phenoxy) is 1. The van der Waals surface area contributed by atoms with Crippen LogP contribution < -0.4 is 10.5 Å². The van der Waals surface area contributed by atoms with Gasteiger partial charge in [0, 0.05) is 11.3 Å². The number of carbonyl (C=O) groups is 1. The summed E-state index contributed by atoms with van der Waals surface area (Å²) in [7, 11) is 0. The van der Waals surface area contributed by atoms with Gasteiger partial charge in [-0.2, -0.15) is 0 Å². The van der Waals surface area contributed by atoms with Crippen LogP contribution in [0.15, 0.2) is 12.1 Å². The minimum absolute atomic E-state index is 0.0110. The molecule has 0 fully saturated rings. The van der Waals surface area contributed by atoms with Crippen LogP contribution in [0.5, 0.6) is 5.75 Å².